The zero-order chi connectivity index (χ0) is 11.5. The third kappa shape index (κ3) is 2.62. The van der Waals surface area contributed by atoms with E-state index in [1.54, 1.807) is 0 Å². The first kappa shape index (κ1) is 11.6. The largest absolute Gasteiger partial charge is 0.393 e. The molecule has 1 aliphatic heterocycles. The summed E-state index contributed by atoms with van der Waals surface area (Å²) in [6, 6.07) is 2.06. The van der Waals surface area contributed by atoms with Crippen LogP contribution in [0.15, 0.2) is 12.3 Å². The van der Waals surface area contributed by atoms with E-state index in [4.69, 9.17) is 0 Å². The van der Waals surface area contributed by atoms with Gasteiger partial charge in [0.1, 0.15) is 0 Å². The third-order valence-electron chi connectivity index (χ3n) is 3.53. The van der Waals surface area contributed by atoms with Gasteiger partial charge in [-0.2, -0.15) is 5.10 Å². The maximum atomic E-state index is 9.63. The summed E-state index contributed by atoms with van der Waals surface area (Å²) >= 11 is 0. The summed E-state index contributed by atoms with van der Waals surface area (Å²) in [6.07, 6.45) is 3.99. The second-order valence-electron chi connectivity index (χ2n) is 4.82. The predicted molar refractivity (Wildman–Crippen MR) is 62.9 cm³/mol. The molecule has 0 amide bonds. The molecule has 2 atom stereocenters. The van der Waals surface area contributed by atoms with Crippen LogP contribution in [-0.2, 0) is 13.6 Å². The normalized spacial score (nSPS) is 24.6. The molecule has 1 aromatic heterocycles. The van der Waals surface area contributed by atoms with Gasteiger partial charge in [0.25, 0.3) is 0 Å². The lowest BCUT2D eigenvalue weighted by molar-refractivity contribution is 0.0590. The number of aliphatic hydroxyl groups excluding tert-OH is 1. The van der Waals surface area contributed by atoms with Crippen molar-refractivity contribution in [2.24, 2.45) is 13.0 Å². The second-order valence-corrected chi connectivity index (χ2v) is 4.82. The smallest absolute Gasteiger partial charge is 0.0552 e. The summed E-state index contributed by atoms with van der Waals surface area (Å²) in [7, 11) is 1.98. The molecule has 1 aromatic rings. The molecular weight excluding hydrogens is 202 g/mol. The number of likely N-dealkylation sites (tertiary alicyclic amines) is 1. The lowest BCUT2D eigenvalue weighted by Crippen LogP contribution is -2.39. The molecule has 0 aromatic carbocycles. The first-order valence-corrected chi connectivity index (χ1v) is 6.04. The SMILES string of the molecule is CC(O)C1CCCN(Cc2ccnn2C)C1. The number of piperidine rings is 1. The van der Waals surface area contributed by atoms with Crippen molar-refractivity contribution in [3.8, 4) is 0 Å². The number of hydrogen-bond donors (Lipinski definition) is 1. The van der Waals surface area contributed by atoms with E-state index in [0.29, 0.717) is 5.92 Å². The first-order chi connectivity index (χ1) is 7.66. The molecule has 1 N–H and O–H groups in total. The van der Waals surface area contributed by atoms with Crippen molar-refractivity contribution >= 4 is 0 Å². The highest BCUT2D eigenvalue weighted by Gasteiger charge is 2.23. The minimum atomic E-state index is -0.186. The number of aliphatic hydroxyl groups is 1. The highest BCUT2D eigenvalue weighted by molar-refractivity contribution is 5.00. The predicted octanol–water partition coefficient (Wildman–Crippen LogP) is 1.01. The van der Waals surface area contributed by atoms with Gasteiger partial charge < -0.3 is 5.11 Å². The fourth-order valence-corrected chi connectivity index (χ4v) is 2.41. The van der Waals surface area contributed by atoms with Crippen molar-refractivity contribution in [3.05, 3.63) is 18.0 Å². The fourth-order valence-electron chi connectivity index (χ4n) is 2.41. The first-order valence-electron chi connectivity index (χ1n) is 6.04. The van der Waals surface area contributed by atoms with Crippen molar-refractivity contribution in [1.29, 1.82) is 0 Å². The monoisotopic (exact) mass is 223 g/mol. The van der Waals surface area contributed by atoms with Gasteiger partial charge in [0.2, 0.25) is 0 Å². The van der Waals surface area contributed by atoms with E-state index in [-0.39, 0.29) is 6.10 Å². The summed E-state index contributed by atoms with van der Waals surface area (Å²) in [4.78, 5) is 2.41. The third-order valence-corrected chi connectivity index (χ3v) is 3.53. The van der Waals surface area contributed by atoms with Crippen LogP contribution >= 0.6 is 0 Å². The van der Waals surface area contributed by atoms with Crippen LogP contribution in [0.1, 0.15) is 25.5 Å². The van der Waals surface area contributed by atoms with Gasteiger partial charge in [0.05, 0.1) is 11.8 Å². The Labute approximate surface area is 96.9 Å². The molecule has 0 radical (unpaired) electrons. The lowest BCUT2D eigenvalue weighted by atomic mass is 9.93. The molecule has 2 rings (SSSR count). The fraction of sp³-hybridized carbons (Fsp3) is 0.750. The van der Waals surface area contributed by atoms with Crippen molar-refractivity contribution < 1.29 is 5.11 Å². The van der Waals surface area contributed by atoms with Crippen LogP contribution in [0.4, 0.5) is 0 Å². The number of rotatable bonds is 3. The van der Waals surface area contributed by atoms with Gasteiger partial charge >= 0.3 is 0 Å². The van der Waals surface area contributed by atoms with E-state index in [9.17, 15) is 5.11 Å². The zero-order valence-corrected chi connectivity index (χ0v) is 10.1. The van der Waals surface area contributed by atoms with Crippen molar-refractivity contribution in [2.45, 2.75) is 32.4 Å². The molecule has 1 fully saturated rings. The highest BCUT2D eigenvalue weighted by Crippen LogP contribution is 2.20. The molecule has 90 valence electrons. The Morgan fingerprint density at radius 3 is 3.06 bits per heavy atom. The minimum Gasteiger partial charge on any atom is -0.393 e. The molecule has 1 aliphatic rings. The lowest BCUT2D eigenvalue weighted by Gasteiger charge is -2.34. The Kier molecular flexibility index (Phi) is 3.61. The molecule has 0 bridgehead atoms. The van der Waals surface area contributed by atoms with E-state index >= 15 is 0 Å². The Bertz CT molecular complexity index is 335. The van der Waals surface area contributed by atoms with E-state index < -0.39 is 0 Å². The molecule has 4 heteroatoms. The second kappa shape index (κ2) is 4.97. The van der Waals surface area contributed by atoms with Crippen molar-refractivity contribution in [2.75, 3.05) is 13.1 Å². The summed E-state index contributed by atoms with van der Waals surface area (Å²) in [5, 5.41) is 13.8. The van der Waals surface area contributed by atoms with Crippen LogP contribution in [0.3, 0.4) is 0 Å². The molecule has 0 saturated carbocycles. The van der Waals surface area contributed by atoms with Gasteiger partial charge in [-0.1, -0.05) is 0 Å². The van der Waals surface area contributed by atoms with E-state index in [1.165, 1.54) is 12.1 Å². The van der Waals surface area contributed by atoms with Gasteiger partial charge in [-0.05, 0) is 38.3 Å². The Balaban J connectivity index is 1.93. The highest BCUT2D eigenvalue weighted by atomic mass is 16.3. The molecule has 1 saturated heterocycles. The van der Waals surface area contributed by atoms with Crippen LogP contribution in [0, 0.1) is 5.92 Å². The minimum absolute atomic E-state index is 0.186. The summed E-state index contributed by atoms with van der Waals surface area (Å²) in [5.41, 5.74) is 1.24. The average Bonchev–Trinajstić information content (AvgIpc) is 2.65. The standard InChI is InChI=1S/C12H21N3O/c1-10(16)11-4-3-7-15(8-11)9-12-5-6-13-14(12)2/h5-6,10-11,16H,3-4,7-9H2,1-2H3. The van der Waals surface area contributed by atoms with Gasteiger partial charge in [-0.25, -0.2) is 0 Å². The van der Waals surface area contributed by atoms with Crippen molar-refractivity contribution in [3.63, 3.8) is 0 Å². The van der Waals surface area contributed by atoms with Crippen LogP contribution in [-0.4, -0.2) is 39.0 Å². The molecule has 16 heavy (non-hydrogen) atoms. The molecule has 0 spiro atoms. The van der Waals surface area contributed by atoms with Crippen LogP contribution in [0.5, 0.6) is 0 Å². The van der Waals surface area contributed by atoms with Crippen LogP contribution < -0.4 is 0 Å². The van der Waals surface area contributed by atoms with E-state index in [0.717, 1.165) is 26.1 Å². The molecule has 2 unspecified atom stereocenters. The molecule has 2 heterocycles. The quantitative estimate of drug-likeness (QED) is 0.831. The number of nitrogens with zero attached hydrogens (tertiary/aromatic N) is 3. The zero-order valence-electron chi connectivity index (χ0n) is 10.1. The van der Waals surface area contributed by atoms with E-state index in [1.807, 2.05) is 24.9 Å². The maximum absolute atomic E-state index is 9.63. The number of hydrogen-bond acceptors (Lipinski definition) is 3. The van der Waals surface area contributed by atoms with Gasteiger partial charge in [-0.3, -0.25) is 9.58 Å². The maximum Gasteiger partial charge on any atom is 0.0552 e. The van der Waals surface area contributed by atoms with Gasteiger partial charge in [0, 0.05) is 26.3 Å². The molecular formula is C12H21N3O. The topological polar surface area (TPSA) is 41.3 Å². The summed E-state index contributed by atoms with van der Waals surface area (Å²) in [6.45, 7) is 4.98. The Morgan fingerprint density at radius 2 is 2.44 bits per heavy atom. The molecule has 0 aliphatic carbocycles. The van der Waals surface area contributed by atoms with Crippen LogP contribution in [0.25, 0.3) is 0 Å². The van der Waals surface area contributed by atoms with Gasteiger partial charge in [0.15, 0.2) is 0 Å². The Morgan fingerprint density at radius 1 is 1.62 bits per heavy atom. The Hall–Kier alpha value is -0.870. The number of aryl methyl sites for hydroxylation is 1. The average molecular weight is 223 g/mol. The summed E-state index contributed by atoms with van der Waals surface area (Å²) < 4.78 is 1.92. The number of aromatic nitrogens is 2. The van der Waals surface area contributed by atoms with E-state index in [2.05, 4.69) is 16.1 Å². The van der Waals surface area contributed by atoms with Crippen molar-refractivity contribution in [1.82, 2.24) is 14.7 Å². The van der Waals surface area contributed by atoms with Gasteiger partial charge in [-0.15, -0.1) is 0 Å². The molecule has 4 nitrogen and oxygen atoms in total. The van der Waals surface area contributed by atoms with Crippen LogP contribution in [0.2, 0.25) is 0 Å². The summed E-state index contributed by atoms with van der Waals surface area (Å²) in [5.74, 6) is 0.432.